The van der Waals surface area contributed by atoms with E-state index in [4.69, 9.17) is 4.74 Å². The van der Waals surface area contributed by atoms with Crippen LogP contribution in [0.25, 0.3) is 5.57 Å². The lowest BCUT2D eigenvalue weighted by atomic mass is 10.0. The van der Waals surface area contributed by atoms with Crippen LogP contribution < -0.4 is 0 Å². The zero-order valence-electron chi connectivity index (χ0n) is 20.2. The van der Waals surface area contributed by atoms with E-state index in [0.29, 0.717) is 6.54 Å². The van der Waals surface area contributed by atoms with Crippen molar-refractivity contribution in [3.63, 3.8) is 0 Å². The molecule has 8 heteroatoms. The second-order valence-electron chi connectivity index (χ2n) is 11.1. The van der Waals surface area contributed by atoms with Crippen LogP contribution in [0, 0.1) is 5.92 Å². The lowest BCUT2D eigenvalue weighted by Crippen LogP contribution is -2.25. The number of allylic oxidation sites excluding steroid dienone is 2. The van der Waals surface area contributed by atoms with Gasteiger partial charge in [-0.3, -0.25) is 4.68 Å². The molecule has 172 valence electrons. The maximum Gasteiger partial charge on any atom is 0.361 e. The van der Waals surface area contributed by atoms with Crippen molar-refractivity contribution in [2.75, 3.05) is 0 Å². The van der Waals surface area contributed by atoms with Crippen molar-refractivity contribution >= 4 is 19.6 Å². The summed E-state index contributed by atoms with van der Waals surface area (Å²) in [5.74, 6) is 0.316. The van der Waals surface area contributed by atoms with Crippen LogP contribution in [-0.2, 0) is 24.1 Å². The summed E-state index contributed by atoms with van der Waals surface area (Å²) in [6.45, 7) is 13.6. The van der Waals surface area contributed by atoms with Crippen LogP contribution in [0.15, 0.2) is 17.5 Å². The van der Waals surface area contributed by atoms with Crippen molar-refractivity contribution in [1.82, 2.24) is 25.2 Å². The monoisotopic (exact) mass is 453 g/mol. The molecule has 2 aromatic rings. The Bertz CT molecular complexity index is 1040. The smallest absolute Gasteiger partial charge is 0.361 e. The topological polar surface area (TPSA) is 82.8 Å². The Morgan fingerprint density at radius 1 is 1.16 bits per heavy atom. The molecule has 2 heterocycles. The lowest BCUT2D eigenvalue weighted by molar-refractivity contribution is 0.00627. The molecule has 0 amide bonds. The molecule has 0 aliphatic heterocycles. The van der Waals surface area contributed by atoms with Crippen molar-refractivity contribution in [2.24, 2.45) is 5.92 Å². The molecule has 4 rings (SSSR count). The van der Waals surface area contributed by atoms with Gasteiger partial charge in [-0.1, -0.05) is 30.1 Å². The highest BCUT2D eigenvalue weighted by Crippen LogP contribution is 2.49. The number of hydrogen-bond acceptors (Lipinski definition) is 6. The fourth-order valence-electron chi connectivity index (χ4n) is 4.29. The van der Waals surface area contributed by atoms with Gasteiger partial charge in [-0.15, -0.1) is 5.10 Å². The molecule has 0 radical (unpaired) electrons. The molecule has 0 bridgehead atoms. The van der Waals surface area contributed by atoms with E-state index in [1.807, 2.05) is 20.8 Å². The predicted octanol–water partition coefficient (Wildman–Crippen LogP) is 4.64. The molecule has 0 atom stereocenters. The fourth-order valence-corrected chi connectivity index (χ4v) is 6.13. The first kappa shape index (κ1) is 22.8. The van der Waals surface area contributed by atoms with Gasteiger partial charge >= 0.3 is 5.97 Å². The number of fused-ring (bicyclic) bond motifs is 1. The maximum atomic E-state index is 12.1. The summed E-state index contributed by atoms with van der Waals surface area (Å²) < 4.78 is 7.05. The standard InChI is InChI=1S/C24H35N5O2Si/c1-24(2,3)31-23(30)20-15-29(28-27-20)12-8-7-9-17-13-18-19(26-25-17)14-21(32(4,5)6)22(18)16-10-11-16/h13,15-16H,7-12,14H2,1-6H3. The summed E-state index contributed by atoms with van der Waals surface area (Å²) in [6.07, 6.45) is 8.13. The zero-order chi connectivity index (χ0) is 23.1. The number of hydrogen-bond donors (Lipinski definition) is 0. The Morgan fingerprint density at radius 3 is 2.56 bits per heavy atom. The van der Waals surface area contributed by atoms with Crippen molar-refractivity contribution in [2.45, 2.75) is 91.1 Å². The molecule has 1 saturated carbocycles. The molecule has 1 fully saturated rings. The van der Waals surface area contributed by atoms with E-state index >= 15 is 0 Å². The van der Waals surface area contributed by atoms with E-state index in [9.17, 15) is 4.79 Å². The van der Waals surface area contributed by atoms with Crippen molar-refractivity contribution in [3.05, 3.63) is 40.1 Å². The van der Waals surface area contributed by atoms with Crippen LogP contribution in [-0.4, -0.2) is 44.8 Å². The molecule has 7 nitrogen and oxygen atoms in total. The second kappa shape index (κ2) is 8.54. The van der Waals surface area contributed by atoms with E-state index in [2.05, 4.69) is 46.2 Å². The highest BCUT2D eigenvalue weighted by atomic mass is 28.3. The van der Waals surface area contributed by atoms with Crippen LogP contribution in [0.4, 0.5) is 0 Å². The normalized spacial score (nSPS) is 16.4. The van der Waals surface area contributed by atoms with Gasteiger partial charge in [-0.25, -0.2) is 4.79 Å². The van der Waals surface area contributed by atoms with Crippen molar-refractivity contribution in [3.8, 4) is 0 Å². The number of ether oxygens (including phenoxy) is 1. The van der Waals surface area contributed by atoms with Gasteiger partial charge in [0.2, 0.25) is 0 Å². The molecular weight excluding hydrogens is 418 g/mol. The van der Waals surface area contributed by atoms with Crippen molar-refractivity contribution < 1.29 is 9.53 Å². The minimum absolute atomic E-state index is 0.252. The Kier molecular flexibility index (Phi) is 6.09. The molecule has 2 aliphatic rings. The third kappa shape index (κ3) is 5.34. The molecule has 0 unspecified atom stereocenters. The molecule has 0 N–H and O–H groups in total. The van der Waals surface area contributed by atoms with Gasteiger partial charge in [0.05, 0.1) is 25.7 Å². The van der Waals surface area contributed by atoms with Crippen LogP contribution in [0.3, 0.4) is 0 Å². The van der Waals surface area contributed by atoms with Crippen LogP contribution >= 0.6 is 0 Å². The number of nitrogens with zero attached hydrogens (tertiary/aromatic N) is 5. The average Bonchev–Trinajstić information content (AvgIpc) is 3.27. The van der Waals surface area contributed by atoms with Gasteiger partial charge in [0, 0.05) is 18.5 Å². The number of aryl methyl sites for hydroxylation is 2. The largest absolute Gasteiger partial charge is 0.455 e. The molecular formula is C24H35N5O2Si. The second-order valence-corrected chi connectivity index (χ2v) is 16.2. The quantitative estimate of drug-likeness (QED) is 0.329. The summed E-state index contributed by atoms with van der Waals surface area (Å²) in [7, 11) is -1.35. The third-order valence-corrected chi connectivity index (χ3v) is 8.25. The first-order valence-electron chi connectivity index (χ1n) is 11.7. The summed E-state index contributed by atoms with van der Waals surface area (Å²) in [4.78, 5) is 12.1. The number of unbranched alkanes of at least 4 members (excludes halogenated alkanes) is 1. The Hall–Kier alpha value is -2.35. The number of carbonyl (C=O) groups excluding carboxylic acids is 1. The number of esters is 1. The lowest BCUT2D eigenvalue weighted by Gasteiger charge is -2.20. The summed E-state index contributed by atoms with van der Waals surface area (Å²) >= 11 is 0. The fraction of sp³-hybridized carbons (Fsp3) is 0.625. The van der Waals surface area contributed by atoms with Gasteiger partial charge in [-0.2, -0.15) is 10.2 Å². The van der Waals surface area contributed by atoms with Gasteiger partial charge < -0.3 is 4.74 Å². The first-order valence-corrected chi connectivity index (χ1v) is 15.2. The average molecular weight is 454 g/mol. The van der Waals surface area contributed by atoms with Gasteiger partial charge in [0.15, 0.2) is 5.69 Å². The minimum atomic E-state index is -1.35. The summed E-state index contributed by atoms with van der Waals surface area (Å²) in [5, 5.41) is 18.9. The Labute approximate surface area is 191 Å². The van der Waals surface area contributed by atoms with E-state index in [1.54, 1.807) is 21.6 Å². The molecule has 0 saturated heterocycles. The zero-order valence-corrected chi connectivity index (χ0v) is 21.2. The van der Waals surface area contributed by atoms with Gasteiger partial charge in [-0.05, 0) is 70.4 Å². The maximum absolute atomic E-state index is 12.1. The van der Waals surface area contributed by atoms with E-state index < -0.39 is 19.6 Å². The number of rotatable bonds is 8. The highest BCUT2D eigenvalue weighted by Gasteiger charge is 2.39. The summed E-state index contributed by atoms with van der Waals surface area (Å²) in [6, 6.07) is 2.30. The molecule has 32 heavy (non-hydrogen) atoms. The van der Waals surface area contributed by atoms with E-state index in [0.717, 1.165) is 37.3 Å². The van der Waals surface area contributed by atoms with Gasteiger partial charge in [0.1, 0.15) is 5.60 Å². The Balaban J connectivity index is 1.33. The minimum Gasteiger partial charge on any atom is -0.455 e. The predicted molar refractivity (Wildman–Crippen MR) is 127 cm³/mol. The first-order chi connectivity index (χ1) is 15.0. The molecule has 0 aromatic carbocycles. The van der Waals surface area contributed by atoms with Crippen LogP contribution in [0.2, 0.25) is 19.6 Å². The van der Waals surface area contributed by atoms with E-state index in [1.165, 1.54) is 24.1 Å². The molecule has 2 aromatic heterocycles. The van der Waals surface area contributed by atoms with Gasteiger partial charge in [0.25, 0.3) is 0 Å². The molecule has 0 spiro atoms. The number of carbonyl (C=O) groups is 1. The molecule has 2 aliphatic carbocycles. The SMILES string of the molecule is CC(C)(C)OC(=O)c1cn(CCCCc2cc3c(nn2)CC([Si](C)(C)C)=C3C2CC2)nn1. The Morgan fingerprint density at radius 2 is 1.91 bits per heavy atom. The highest BCUT2D eigenvalue weighted by molar-refractivity contribution is 6.84. The third-order valence-electron chi connectivity index (χ3n) is 5.99. The summed E-state index contributed by atoms with van der Waals surface area (Å²) in [5.41, 5.74) is 4.97. The van der Waals surface area contributed by atoms with Crippen molar-refractivity contribution in [1.29, 1.82) is 0 Å². The van der Waals surface area contributed by atoms with Crippen LogP contribution in [0.1, 0.15) is 73.9 Å². The van der Waals surface area contributed by atoms with Crippen LogP contribution in [0.5, 0.6) is 0 Å². The number of aromatic nitrogens is 5. The van der Waals surface area contributed by atoms with E-state index in [-0.39, 0.29) is 5.69 Å².